The van der Waals surface area contributed by atoms with Crippen molar-refractivity contribution in [3.05, 3.63) is 88.6 Å². The summed E-state index contributed by atoms with van der Waals surface area (Å²) in [5, 5.41) is 0.591. The molecule has 0 radical (unpaired) electrons. The summed E-state index contributed by atoms with van der Waals surface area (Å²) in [6.45, 7) is 6.23. The molecule has 0 aliphatic heterocycles. The molecule has 0 spiro atoms. The van der Waals surface area contributed by atoms with E-state index in [0.717, 1.165) is 51.9 Å². The third-order valence-electron chi connectivity index (χ3n) is 6.74. The van der Waals surface area contributed by atoms with Crippen LogP contribution in [0.15, 0.2) is 71.8 Å². The summed E-state index contributed by atoms with van der Waals surface area (Å²) in [6.07, 6.45) is 5.30. The van der Waals surface area contributed by atoms with Crippen LogP contribution in [0.25, 0.3) is 33.5 Å². The lowest BCUT2D eigenvalue weighted by molar-refractivity contribution is 0.416. The quantitative estimate of drug-likeness (QED) is 0.231. The standard InChI is InChI=1S/C31H32ClNO3S/c1-6-20-9-12-22(13-10-20)30-24(8-3)31(25-14-11-21(7-2)17-29(25)37(5,34)35)28(36-4)19-26(30)27-18-23(32)15-16-33-27/h9-19H,6-8H2,1-5H3. The van der Waals surface area contributed by atoms with Gasteiger partial charge < -0.3 is 4.74 Å². The van der Waals surface area contributed by atoms with Gasteiger partial charge in [0, 0.05) is 34.2 Å². The van der Waals surface area contributed by atoms with Crippen LogP contribution in [0.2, 0.25) is 5.02 Å². The topological polar surface area (TPSA) is 56.3 Å². The number of sulfone groups is 1. The first-order chi connectivity index (χ1) is 17.7. The van der Waals surface area contributed by atoms with E-state index >= 15 is 0 Å². The number of pyridine rings is 1. The Bertz CT molecular complexity index is 1540. The van der Waals surface area contributed by atoms with Crippen LogP contribution >= 0.6 is 11.6 Å². The number of halogens is 1. The van der Waals surface area contributed by atoms with E-state index in [1.165, 1.54) is 11.8 Å². The fourth-order valence-corrected chi connectivity index (χ4v) is 5.91. The van der Waals surface area contributed by atoms with E-state index in [4.69, 9.17) is 16.3 Å². The first kappa shape index (κ1) is 26.9. The lowest BCUT2D eigenvalue weighted by Crippen LogP contribution is -2.06. The van der Waals surface area contributed by atoms with Crippen molar-refractivity contribution >= 4 is 21.4 Å². The maximum absolute atomic E-state index is 13.0. The smallest absolute Gasteiger partial charge is 0.176 e. The van der Waals surface area contributed by atoms with E-state index in [2.05, 4.69) is 43.1 Å². The fraction of sp³-hybridized carbons (Fsp3) is 0.258. The van der Waals surface area contributed by atoms with Crippen LogP contribution in [0, 0.1) is 0 Å². The number of hydrogen-bond acceptors (Lipinski definition) is 4. The highest BCUT2D eigenvalue weighted by Crippen LogP contribution is 2.47. The van der Waals surface area contributed by atoms with Crippen molar-refractivity contribution in [3.63, 3.8) is 0 Å². The maximum atomic E-state index is 13.0. The molecule has 1 heterocycles. The average Bonchev–Trinajstić information content (AvgIpc) is 2.91. The molecule has 3 aromatic carbocycles. The minimum absolute atomic E-state index is 0.306. The second-order valence-electron chi connectivity index (χ2n) is 9.07. The Labute approximate surface area is 225 Å². The predicted molar refractivity (Wildman–Crippen MR) is 153 cm³/mol. The van der Waals surface area contributed by atoms with E-state index in [1.54, 1.807) is 25.4 Å². The van der Waals surface area contributed by atoms with Gasteiger partial charge in [-0.15, -0.1) is 0 Å². The van der Waals surface area contributed by atoms with Gasteiger partial charge in [-0.25, -0.2) is 8.42 Å². The number of ether oxygens (including phenoxy) is 1. The van der Waals surface area contributed by atoms with Crippen molar-refractivity contribution in [2.45, 2.75) is 44.9 Å². The summed E-state index contributed by atoms with van der Waals surface area (Å²) in [7, 11) is -1.89. The van der Waals surface area contributed by atoms with Crippen molar-refractivity contribution in [1.82, 2.24) is 4.98 Å². The Morgan fingerprint density at radius 1 is 0.811 bits per heavy atom. The second-order valence-corrected chi connectivity index (χ2v) is 11.5. The van der Waals surface area contributed by atoms with Crippen LogP contribution in [0.1, 0.15) is 37.5 Å². The molecule has 0 aliphatic rings. The Kier molecular flexibility index (Phi) is 8.05. The minimum atomic E-state index is -3.50. The number of methoxy groups -OCH3 is 1. The summed E-state index contributed by atoms with van der Waals surface area (Å²) in [6, 6.07) is 19.7. The van der Waals surface area contributed by atoms with Gasteiger partial charge >= 0.3 is 0 Å². The number of rotatable bonds is 8. The molecule has 0 fully saturated rings. The fourth-order valence-electron chi connectivity index (χ4n) is 4.81. The van der Waals surface area contributed by atoms with Crippen molar-refractivity contribution in [2.75, 3.05) is 13.4 Å². The van der Waals surface area contributed by atoms with Crippen molar-refractivity contribution in [1.29, 1.82) is 0 Å². The lowest BCUT2D eigenvalue weighted by atomic mass is 9.84. The largest absolute Gasteiger partial charge is 0.496 e. The monoisotopic (exact) mass is 533 g/mol. The Balaban J connectivity index is 2.16. The van der Waals surface area contributed by atoms with Gasteiger partial charge in [0.1, 0.15) is 5.75 Å². The van der Waals surface area contributed by atoms with Gasteiger partial charge in [-0.2, -0.15) is 0 Å². The number of nitrogens with zero attached hydrogens (tertiary/aromatic N) is 1. The van der Waals surface area contributed by atoms with Crippen molar-refractivity contribution < 1.29 is 13.2 Å². The van der Waals surface area contributed by atoms with Crippen molar-refractivity contribution in [3.8, 4) is 39.3 Å². The summed E-state index contributed by atoms with van der Waals surface area (Å²) < 4.78 is 31.9. The Morgan fingerprint density at radius 2 is 1.49 bits per heavy atom. The van der Waals surface area contributed by atoms with Crippen LogP contribution in [0.5, 0.6) is 5.75 Å². The van der Waals surface area contributed by atoms with Crippen LogP contribution < -0.4 is 4.74 Å². The molecule has 0 bridgehead atoms. The molecule has 0 aliphatic carbocycles. The zero-order chi connectivity index (χ0) is 26.7. The molecule has 1 aromatic heterocycles. The third-order valence-corrected chi connectivity index (χ3v) is 8.11. The molecule has 4 rings (SSSR count). The highest BCUT2D eigenvalue weighted by molar-refractivity contribution is 7.90. The molecule has 0 saturated carbocycles. The SMILES string of the molecule is CCc1ccc(-c2c(-c3cc(Cl)ccn3)cc(OC)c(-c3ccc(CC)cc3S(C)(=O)=O)c2CC)cc1. The van der Waals surface area contributed by atoms with Crippen molar-refractivity contribution in [2.24, 2.45) is 0 Å². The predicted octanol–water partition coefficient (Wildman–Crippen LogP) is 7.84. The van der Waals surface area contributed by atoms with E-state index in [9.17, 15) is 8.42 Å². The molecule has 0 amide bonds. The Hall–Kier alpha value is -3.15. The van der Waals surface area contributed by atoms with Gasteiger partial charge in [0.05, 0.1) is 17.7 Å². The summed E-state index contributed by atoms with van der Waals surface area (Å²) in [5.74, 6) is 0.594. The normalized spacial score (nSPS) is 11.5. The molecule has 4 nitrogen and oxygen atoms in total. The van der Waals surface area contributed by atoms with E-state index in [-0.39, 0.29) is 0 Å². The minimum Gasteiger partial charge on any atom is -0.496 e. The molecular weight excluding hydrogens is 502 g/mol. The molecule has 0 unspecified atom stereocenters. The maximum Gasteiger partial charge on any atom is 0.176 e. The zero-order valence-corrected chi connectivity index (χ0v) is 23.5. The molecule has 4 aromatic rings. The molecule has 6 heteroatoms. The van der Waals surface area contributed by atoms with E-state index in [0.29, 0.717) is 27.7 Å². The average molecular weight is 534 g/mol. The van der Waals surface area contributed by atoms with Crippen LogP contribution in [0.3, 0.4) is 0 Å². The van der Waals surface area contributed by atoms with E-state index < -0.39 is 9.84 Å². The van der Waals surface area contributed by atoms with Gasteiger partial charge in [-0.05, 0) is 71.3 Å². The number of benzene rings is 3. The summed E-state index contributed by atoms with van der Waals surface area (Å²) >= 11 is 6.37. The van der Waals surface area contributed by atoms with Gasteiger partial charge in [0.2, 0.25) is 0 Å². The van der Waals surface area contributed by atoms with Gasteiger partial charge in [-0.1, -0.05) is 68.8 Å². The van der Waals surface area contributed by atoms with Gasteiger partial charge in [0.25, 0.3) is 0 Å². The zero-order valence-electron chi connectivity index (χ0n) is 21.9. The first-order valence-corrected chi connectivity index (χ1v) is 14.8. The van der Waals surface area contributed by atoms with Gasteiger partial charge in [-0.3, -0.25) is 4.98 Å². The molecule has 0 saturated heterocycles. The lowest BCUT2D eigenvalue weighted by Gasteiger charge is -2.23. The molecular formula is C31H32ClNO3S. The highest BCUT2D eigenvalue weighted by Gasteiger charge is 2.25. The molecule has 37 heavy (non-hydrogen) atoms. The second kappa shape index (κ2) is 11.1. The highest BCUT2D eigenvalue weighted by atomic mass is 35.5. The van der Waals surface area contributed by atoms with Crippen LogP contribution in [-0.2, 0) is 29.1 Å². The molecule has 0 N–H and O–H groups in total. The third kappa shape index (κ3) is 5.43. The van der Waals surface area contributed by atoms with Crippen LogP contribution in [0.4, 0.5) is 0 Å². The summed E-state index contributed by atoms with van der Waals surface area (Å²) in [5.41, 5.74) is 8.27. The van der Waals surface area contributed by atoms with E-state index in [1.807, 2.05) is 31.2 Å². The Morgan fingerprint density at radius 3 is 2.05 bits per heavy atom. The number of aryl methyl sites for hydroxylation is 2. The van der Waals surface area contributed by atoms with Crippen LogP contribution in [-0.4, -0.2) is 26.8 Å². The molecule has 192 valence electrons. The molecule has 0 atom stereocenters. The van der Waals surface area contributed by atoms with Gasteiger partial charge in [0.15, 0.2) is 9.84 Å². The first-order valence-electron chi connectivity index (χ1n) is 12.5. The summed E-state index contributed by atoms with van der Waals surface area (Å²) in [4.78, 5) is 4.93. The number of hydrogen-bond donors (Lipinski definition) is 0. The number of aromatic nitrogens is 1.